The summed E-state index contributed by atoms with van der Waals surface area (Å²) in [7, 11) is 1.97. The zero-order valence-electron chi connectivity index (χ0n) is 15.0. The van der Waals surface area contributed by atoms with E-state index in [1.54, 1.807) is 0 Å². The van der Waals surface area contributed by atoms with Gasteiger partial charge in [-0.2, -0.15) is 5.10 Å². The third-order valence-corrected chi connectivity index (χ3v) is 5.03. The molecule has 1 aromatic carbocycles. The van der Waals surface area contributed by atoms with E-state index in [2.05, 4.69) is 45.0 Å². The topological polar surface area (TPSA) is 55.1 Å². The van der Waals surface area contributed by atoms with Crippen molar-refractivity contribution in [3.05, 3.63) is 41.1 Å². The Kier molecular flexibility index (Phi) is 4.24. The largest absolute Gasteiger partial charge is 0.481 e. The van der Waals surface area contributed by atoms with Crippen LogP contribution in [0.5, 0.6) is 0 Å². The number of rotatable bonds is 3. The fourth-order valence-electron chi connectivity index (χ4n) is 3.72. The van der Waals surface area contributed by atoms with E-state index < -0.39 is 5.97 Å². The minimum Gasteiger partial charge on any atom is -0.481 e. The molecule has 1 aromatic heterocycles. The van der Waals surface area contributed by atoms with Gasteiger partial charge < -0.3 is 5.11 Å². The van der Waals surface area contributed by atoms with Gasteiger partial charge in [0.1, 0.15) is 0 Å². The number of aromatic nitrogens is 2. The van der Waals surface area contributed by atoms with Crippen LogP contribution in [0.2, 0.25) is 0 Å². The number of aryl methyl sites for hydroxylation is 1. The monoisotopic (exact) mass is 326 g/mol. The average Bonchev–Trinajstić information content (AvgIpc) is 2.84. The number of hydrogen-bond acceptors (Lipinski definition) is 2. The number of aliphatic carboxylic acids is 1. The van der Waals surface area contributed by atoms with Gasteiger partial charge in [0.15, 0.2) is 0 Å². The number of carboxylic acid groups (broad SMARTS) is 1. The van der Waals surface area contributed by atoms with Crippen LogP contribution in [0.3, 0.4) is 0 Å². The molecule has 3 rings (SSSR count). The van der Waals surface area contributed by atoms with Crippen molar-refractivity contribution in [1.29, 1.82) is 0 Å². The number of carboxylic acids is 1. The highest BCUT2D eigenvalue weighted by Crippen LogP contribution is 2.40. The molecule has 0 fully saturated rings. The van der Waals surface area contributed by atoms with Crippen LogP contribution in [0.25, 0.3) is 11.3 Å². The van der Waals surface area contributed by atoms with E-state index >= 15 is 0 Å². The Balaban J connectivity index is 2.04. The SMILES string of the molecule is Cn1nc(-c2ccc(C(C)(C)C)cc2)c2c1CCCC2CC(=O)O. The summed E-state index contributed by atoms with van der Waals surface area (Å²) < 4.78 is 1.94. The quantitative estimate of drug-likeness (QED) is 0.916. The normalized spacial score (nSPS) is 17.6. The van der Waals surface area contributed by atoms with Gasteiger partial charge in [0.2, 0.25) is 0 Å². The molecule has 1 N–H and O–H groups in total. The lowest BCUT2D eigenvalue weighted by Crippen LogP contribution is -2.14. The Bertz CT molecular complexity index is 751. The zero-order valence-corrected chi connectivity index (χ0v) is 15.0. The summed E-state index contributed by atoms with van der Waals surface area (Å²) >= 11 is 0. The number of nitrogens with zero attached hydrogens (tertiary/aromatic N) is 2. The molecule has 0 aliphatic heterocycles. The molecule has 1 aliphatic rings. The Hall–Kier alpha value is -2.10. The van der Waals surface area contributed by atoms with Gasteiger partial charge in [0, 0.05) is 23.9 Å². The lowest BCUT2D eigenvalue weighted by molar-refractivity contribution is -0.137. The highest BCUT2D eigenvalue weighted by Gasteiger charge is 2.29. The highest BCUT2D eigenvalue weighted by molar-refractivity contribution is 5.71. The molecule has 2 aromatic rings. The van der Waals surface area contributed by atoms with Crippen molar-refractivity contribution in [2.45, 2.75) is 57.8 Å². The van der Waals surface area contributed by atoms with Crippen molar-refractivity contribution < 1.29 is 9.90 Å². The van der Waals surface area contributed by atoms with Gasteiger partial charge in [-0.15, -0.1) is 0 Å². The average molecular weight is 326 g/mol. The minimum absolute atomic E-state index is 0.0669. The fourth-order valence-corrected chi connectivity index (χ4v) is 3.72. The molecule has 0 spiro atoms. The van der Waals surface area contributed by atoms with E-state index in [4.69, 9.17) is 5.10 Å². The molecule has 0 radical (unpaired) electrons. The number of carbonyl (C=O) groups is 1. The Labute approximate surface area is 143 Å². The summed E-state index contributed by atoms with van der Waals surface area (Å²) in [5, 5.41) is 14.0. The van der Waals surface area contributed by atoms with Crippen LogP contribution in [0.4, 0.5) is 0 Å². The van der Waals surface area contributed by atoms with E-state index in [-0.39, 0.29) is 17.8 Å². The van der Waals surface area contributed by atoms with Crippen molar-refractivity contribution in [2.24, 2.45) is 7.05 Å². The van der Waals surface area contributed by atoms with E-state index in [9.17, 15) is 9.90 Å². The first-order valence-electron chi connectivity index (χ1n) is 8.66. The molecule has 1 unspecified atom stereocenters. The van der Waals surface area contributed by atoms with Gasteiger partial charge in [-0.1, -0.05) is 45.0 Å². The maximum atomic E-state index is 11.3. The van der Waals surface area contributed by atoms with Crippen LogP contribution in [0.1, 0.15) is 62.8 Å². The predicted molar refractivity (Wildman–Crippen MR) is 95.3 cm³/mol. The second kappa shape index (κ2) is 6.08. The zero-order chi connectivity index (χ0) is 17.5. The molecule has 1 heterocycles. The molecule has 0 saturated carbocycles. The molecule has 4 heteroatoms. The molecular formula is C20H26N2O2. The molecular weight excluding hydrogens is 300 g/mol. The Morgan fingerprint density at radius 1 is 1.29 bits per heavy atom. The van der Waals surface area contributed by atoms with E-state index in [0.29, 0.717) is 0 Å². The second-order valence-corrected chi connectivity index (χ2v) is 7.85. The summed E-state index contributed by atoms with van der Waals surface area (Å²) in [6, 6.07) is 8.56. The van der Waals surface area contributed by atoms with Gasteiger partial charge in [-0.05, 0) is 36.2 Å². The highest BCUT2D eigenvalue weighted by atomic mass is 16.4. The van der Waals surface area contributed by atoms with Gasteiger partial charge in [-0.25, -0.2) is 0 Å². The van der Waals surface area contributed by atoms with Gasteiger partial charge in [-0.3, -0.25) is 9.48 Å². The maximum Gasteiger partial charge on any atom is 0.303 e. The first-order valence-corrected chi connectivity index (χ1v) is 8.66. The van der Waals surface area contributed by atoms with Crippen LogP contribution >= 0.6 is 0 Å². The van der Waals surface area contributed by atoms with Crippen LogP contribution in [0.15, 0.2) is 24.3 Å². The lowest BCUT2D eigenvalue weighted by Gasteiger charge is -2.23. The van der Waals surface area contributed by atoms with Crippen molar-refractivity contribution in [3.63, 3.8) is 0 Å². The number of hydrogen-bond donors (Lipinski definition) is 1. The first-order chi connectivity index (χ1) is 11.3. The standard InChI is InChI=1S/C20H26N2O2/c1-20(2,3)15-10-8-13(9-11-15)19-18-14(12-17(23)24)6-5-7-16(18)22(4)21-19/h8-11,14H,5-7,12H2,1-4H3,(H,23,24). The third kappa shape index (κ3) is 3.10. The lowest BCUT2D eigenvalue weighted by atomic mass is 9.81. The van der Waals surface area contributed by atoms with Gasteiger partial charge in [0.25, 0.3) is 0 Å². The Morgan fingerprint density at radius 2 is 1.96 bits per heavy atom. The van der Waals surface area contributed by atoms with Crippen LogP contribution in [-0.4, -0.2) is 20.9 Å². The summed E-state index contributed by atoms with van der Waals surface area (Å²) in [4.78, 5) is 11.3. The molecule has 1 aliphatic carbocycles. The molecule has 24 heavy (non-hydrogen) atoms. The maximum absolute atomic E-state index is 11.3. The molecule has 0 saturated heterocycles. The third-order valence-electron chi connectivity index (χ3n) is 5.03. The van der Waals surface area contributed by atoms with Crippen molar-refractivity contribution in [2.75, 3.05) is 0 Å². The van der Waals surface area contributed by atoms with Crippen molar-refractivity contribution >= 4 is 5.97 Å². The smallest absolute Gasteiger partial charge is 0.303 e. The predicted octanol–water partition coefficient (Wildman–Crippen LogP) is 4.28. The van der Waals surface area contributed by atoms with E-state index in [1.807, 2.05) is 11.7 Å². The molecule has 4 nitrogen and oxygen atoms in total. The van der Waals surface area contributed by atoms with E-state index in [1.165, 1.54) is 11.3 Å². The molecule has 128 valence electrons. The summed E-state index contributed by atoms with van der Waals surface area (Å²) in [5.41, 5.74) is 5.79. The molecule has 1 atom stereocenters. The fraction of sp³-hybridized carbons (Fsp3) is 0.500. The Morgan fingerprint density at radius 3 is 2.54 bits per heavy atom. The van der Waals surface area contributed by atoms with Crippen molar-refractivity contribution in [1.82, 2.24) is 9.78 Å². The van der Waals surface area contributed by atoms with Crippen LogP contribution < -0.4 is 0 Å². The summed E-state index contributed by atoms with van der Waals surface area (Å²) in [6.07, 6.45) is 3.13. The number of fused-ring (bicyclic) bond motifs is 1. The van der Waals surface area contributed by atoms with Gasteiger partial charge >= 0.3 is 5.97 Å². The van der Waals surface area contributed by atoms with E-state index in [0.717, 1.165) is 36.1 Å². The molecule has 0 amide bonds. The summed E-state index contributed by atoms with van der Waals surface area (Å²) in [5.74, 6) is -0.664. The first kappa shape index (κ1) is 16.7. The van der Waals surface area contributed by atoms with Crippen molar-refractivity contribution in [3.8, 4) is 11.3 Å². The summed E-state index contributed by atoms with van der Waals surface area (Å²) in [6.45, 7) is 6.61. The van der Waals surface area contributed by atoms with Gasteiger partial charge in [0.05, 0.1) is 12.1 Å². The van der Waals surface area contributed by atoms with Crippen LogP contribution in [-0.2, 0) is 23.7 Å². The minimum atomic E-state index is -0.731. The number of benzene rings is 1. The van der Waals surface area contributed by atoms with Crippen LogP contribution in [0, 0.1) is 0 Å². The second-order valence-electron chi connectivity index (χ2n) is 7.85. The molecule has 0 bridgehead atoms.